The van der Waals surface area contributed by atoms with Crippen LogP contribution in [-0.2, 0) is 4.79 Å². The number of amides is 1. The molecular weight excluding hydrogens is 276 g/mol. The summed E-state index contributed by atoms with van der Waals surface area (Å²) in [5.74, 6) is -0.563. The van der Waals surface area contributed by atoms with Crippen LogP contribution in [0.15, 0.2) is 17.2 Å². The number of methoxy groups -OCH3 is 1. The zero-order chi connectivity index (χ0) is 15.4. The predicted molar refractivity (Wildman–Crippen MR) is 73.6 cm³/mol. The first-order valence-electron chi connectivity index (χ1n) is 6.34. The average Bonchev–Trinajstić information content (AvgIpc) is 2.95. The minimum Gasteiger partial charge on any atom is -0.504 e. The van der Waals surface area contributed by atoms with Crippen LogP contribution in [0.5, 0.6) is 11.5 Å². The monoisotopic (exact) mass is 290 g/mol. The first-order chi connectivity index (χ1) is 10.1. The molecule has 0 bridgehead atoms. The van der Waals surface area contributed by atoms with Gasteiger partial charge in [-0.2, -0.15) is 0 Å². The molecule has 0 aliphatic carbocycles. The number of aromatic hydroxyl groups is 1. The fourth-order valence-corrected chi connectivity index (χ4v) is 2.36. The quantitative estimate of drug-likeness (QED) is 0.395. The Morgan fingerprint density at radius 1 is 1.62 bits per heavy atom. The van der Waals surface area contributed by atoms with Crippen molar-refractivity contribution >= 4 is 17.9 Å². The zero-order valence-electron chi connectivity index (χ0n) is 11.4. The molecule has 0 spiro atoms. The maximum atomic E-state index is 12.5. The van der Waals surface area contributed by atoms with Crippen molar-refractivity contribution in [2.75, 3.05) is 13.7 Å². The first-order valence-corrected chi connectivity index (χ1v) is 6.34. The van der Waals surface area contributed by atoms with Crippen LogP contribution >= 0.6 is 0 Å². The van der Waals surface area contributed by atoms with Crippen molar-refractivity contribution in [1.82, 2.24) is 4.90 Å². The second-order valence-corrected chi connectivity index (χ2v) is 4.57. The number of phenolic OH excluding ortho intramolecular Hbond substituents is 1. The van der Waals surface area contributed by atoms with E-state index in [-0.39, 0.29) is 22.7 Å². The van der Waals surface area contributed by atoms with Crippen LogP contribution in [0.25, 0.3) is 10.4 Å². The number of benzene rings is 1. The third-order valence-corrected chi connectivity index (χ3v) is 3.40. The third-order valence-electron chi connectivity index (χ3n) is 3.40. The highest BCUT2D eigenvalue weighted by atomic mass is 16.5. The molecule has 1 aromatic rings. The van der Waals surface area contributed by atoms with Crippen molar-refractivity contribution in [1.29, 1.82) is 0 Å². The molecule has 8 nitrogen and oxygen atoms in total. The summed E-state index contributed by atoms with van der Waals surface area (Å²) in [4.78, 5) is 27.6. The van der Waals surface area contributed by atoms with Crippen LogP contribution < -0.4 is 4.74 Å². The Hall–Kier alpha value is -2.73. The van der Waals surface area contributed by atoms with Gasteiger partial charge in [0.1, 0.15) is 6.29 Å². The van der Waals surface area contributed by atoms with Gasteiger partial charge in [-0.3, -0.25) is 4.79 Å². The Labute approximate surface area is 120 Å². The number of aldehydes is 1. The number of carbonyl (C=O) groups is 2. The number of azide groups is 1. The van der Waals surface area contributed by atoms with E-state index in [0.717, 1.165) is 18.8 Å². The lowest BCUT2D eigenvalue weighted by molar-refractivity contribution is -0.111. The Bertz CT molecular complexity index is 625. The number of carbonyl (C=O) groups excluding carboxylic acids is 2. The van der Waals surface area contributed by atoms with Crippen LogP contribution in [0.2, 0.25) is 0 Å². The fourth-order valence-electron chi connectivity index (χ4n) is 2.36. The maximum absolute atomic E-state index is 12.5. The molecule has 0 unspecified atom stereocenters. The normalized spacial score (nSPS) is 17.2. The van der Waals surface area contributed by atoms with E-state index in [9.17, 15) is 14.7 Å². The van der Waals surface area contributed by atoms with Gasteiger partial charge < -0.3 is 19.5 Å². The summed E-state index contributed by atoms with van der Waals surface area (Å²) in [6.45, 7) is 0.459. The van der Waals surface area contributed by atoms with Crippen LogP contribution in [0.1, 0.15) is 23.2 Å². The van der Waals surface area contributed by atoms with E-state index in [2.05, 4.69) is 10.0 Å². The SMILES string of the molecule is COc1cc(C(=O)N2CCC[C@H]2C=O)c(N=[N+]=[N-])cc1O. The van der Waals surface area contributed by atoms with Gasteiger partial charge in [-0.25, -0.2) is 0 Å². The van der Waals surface area contributed by atoms with E-state index in [1.807, 2.05) is 0 Å². The molecule has 1 amide bonds. The predicted octanol–water partition coefficient (Wildman–Crippen LogP) is 2.15. The zero-order valence-corrected chi connectivity index (χ0v) is 11.4. The summed E-state index contributed by atoms with van der Waals surface area (Å²) < 4.78 is 4.96. The van der Waals surface area contributed by atoms with Gasteiger partial charge in [0.05, 0.1) is 24.4 Å². The number of likely N-dealkylation sites (tertiary alicyclic amines) is 1. The van der Waals surface area contributed by atoms with Gasteiger partial charge in [0.15, 0.2) is 11.5 Å². The van der Waals surface area contributed by atoms with E-state index >= 15 is 0 Å². The summed E-state index contributed by atoms with van der Waals surface area (Å²) in [6.07, 6.45) is 2.08. The van der Waals surface area contributed by atoms with Crippen LogP contribution in [0.3, 0.4) is 0 Å². The molecule has 1 aliphatic rings. The lowest BCUT2D eigenvalue weighted by Gasteiger charge is -2.21. The fraction of sp³-hybridized carbons (Fsp3) is 0.385. The van der Waals surface area contributed by atoms with Gasteiger partial charge >= 0.3 is 0 Å². The Morgan fingerprint density at radius 2 is 2.38 bits per heavy atom. The minimum atomic E-state index is -0.476. The Balaban J connectivity index is 2.48. The minimum absolute atomic E-state index is 0.00245. The van der Waals surface area contributed by atoms with E-state index in [4.69, 9.17) is 10.3 Å². The van der Waals surface area contributed by atoms with Crippen LogP contribution in [-0.4, -0.2) is 41.9 Å². The van der Waals surface area contributed by atoms with E-state index in [0.29, 0.717) is 13.0 Å². The number of rotatable bonds is 4. The molecule has 0 radical (unpaired) electrons. The highest BCUT2D eigenvalue weighted by Gasteiger charge is 2.30. The number of phenols is 1. The van der Waals surface area contributed by atoms with Crippen molar-refractivity contribution in [3.05, 3.63) is 28.1 Å². The summed E-state index contributed by atoms with van der Waals surface area (Å²) in [7, 11) is 1.35. The molecular formula is C13H14N4O4. The largest absolute Gasteiger partial charge is 0.504 e. The molecule has 1 fully saturated rings. The molecule has 21 heavy (non-hydrogen) atoms. The molecule has 1 atom stereocenters. The summed E-state index contributed by atoms with van der Waals surface area (Å²) in [6, 6.07) is 2.00. The lowest BCUT2D eigenvalue weighted by Crippen LogP contribution is -2.36. The number of nitrogens with zero attached hydrogens (tertiary/aromatic N) is 4. The topological polar surface area (TPSA) is 116 Å². The molecule has 8 heteroatoms. The number of hydrogen-bond acceptors (Lipinski definition) is 5. The molecule has 1 heterocycles. The summed E-state index contributed by atoms with van der Waals surface area (Å²) >= 11 is 0. The molecule has 110 valence electrons. The van der Waals surface area contributed by atoms with Crippen molar-refractivity contribution in [3.8, 4) is 11.5 Å². The Kier molecular flexibility index (Phi) is 4.30. The molecule has 0 aromatic heterocycles. The molecule has 0 saturated carbocycles. The molecule has 1 aromatic carbocycles. The third kappa shape index (κ3) is 2.75. The van der Waals surface area contributed by atoms with Crippen LogP contribution in [0.4, 0.5) is 5.69 Å². The van der Waals surface area contributed by atoms with Gasteiger partial charge in [0, 0.05) is 11.5 Å². The first kappa shape index (κ1) is 14.7. The summed E-state index contributed by atoms with van der Waals surface area (Å²) in [5.41, 5.74) is 8.66. The Morgan fingerprint density at radius 3 is 3.00 bits per heavy atom. The number of ether oxygens (including phenoxy) is 1. The second-order valence-electron chi connectivity index (χ2n) is 4.57. The molecule has 1 aliphatic heterocycles. The van der Waals surface area contributed by atoms with Gasteiger partial charge in [-0.05, 0) is 30.5 Å². The van der Waals surface area contributed by atoms with E-state index < -0.39 is 11.9 Å². The second kappa shape index (κ2) is 6.15. The van der Waals surface area contributed by atoms with Crippen LogP contribution in [0, 0.1) is 0 Å². The van der Waals surface area contributed by atoms with E-state index in [1.54, 1.807) is 0 Å². The van der Waals surface area contributed by atoms with Gasteiger partial charge in [0.2, 0.25) is 0 Å². The average molecular weight is 290 g/mol. The van der Waals surface area contributed by atoms with Crippen molar-refractivity contribution < 1.29 is 19.4 Å². The van der Waals surface area contributed by atoms with Gasteiger partial charge in [-0.15, -0.1) is 0 Å². The molecule has 1 N–H and O–H groups in total. The standard InChI is InChI=1S/C13H14N4O4/c1-21-12-5-9(10(15-16-14)6-11(12)19)13(20)17-4-2-3-8(17)7-18/h5-8,19H,2-4H2,1H3/t8-/m0/s1. The van der Waals surface area contributed by atoms with Crippen molar-refractivity contribution in [3.63, 3.8) is 0 Å². The molecule has 1 saturated heterocycles. The smallest absolute Gasteiger partial charge is 0.255 e. The van der Waals surface area contributed by atoms with Gasteiger partial charge in [0.25, 0.3) is 5.91 Å². The molecule has 2 rings (SSSR count). The summed E-state index contributed by atoms with van der Waals surface area (Å²) in [5, 5.41) is 13.1. The van der Waals surface area contributed by atoms with Gasteiger partial charge in [-0.1, -0.05) is 5.11 Å². The highest BCUT2D eigenvalue weighted by Crippen LogP contribution is 2.35. The van der Waals surface area contributed by atoms with Crippen molar-refractivity contribution in [2.45, 2.75) is 18.9 Å². The van der Waals surface area contributed by atoms with Crippen molar-refractivity contribution in [2.24, 2.45) is 5.11 Å². The highest BCUT2D eigenvalue weighted by molar-refractivity contribution is 6.01. The van der Waals surface area contributed by atoms with E-state index in [1.165, 1.54) is 18.1 Å². The maximum Gasteiger partial charge on any atom is 0.255 e. The lowest BCUT2D eigenvalue weighted by atomic mass is 10.1. The number of hydrogen-bond donors (Lipinski definition) is 1.